The van der Waals surface area contributed by atoms with Crippen LogP contribution in [0.1, 0.15) is 60.6 Å². The first-order chi connectivity index (χ1) is 13.9. The maximum absolute atomic E-state index is 12.5. The number of nitrogens with one attached hydrogen (secondary N) is 1. The molecule has 1 aromatic carbocycles. The SMILES string of the molecule is CCCC(=O)Nc1ccccc1C(=O)OCc1cc(=O)n2nc(C(C)C)sc2n1. The summed E-state index contributed by atoms with van der Waals surface area (Å²) in [5.41, 5.74) is 0.657. The molecule has 2 aromatic heterocycles. The molecular formula is C20H22N4O4S. The number of aromatic nitrogens is 3. The lowest BCUT2D eigenvalue weighted by Gasteiger charge is -2.10. The van der Waals surface area contributed by atoms with Gasteiger partial charge in [0.2, 0.25) is 10.9 Å². The molecule has 152 valence electrons. The number of carbonyl (C=O) groups is 2. The van der Waals surface area contributed by atoms with E-state index in [9.17, 15) is 14.4 Å². The zero-order chi connectivity index (χ0) is 21.0. The minimum absolute atomic E-state index is 0.156. The molecule has 0 fully saturated rings. The van der Waals surface area contributed by atoms with Crippen LogP contribution in [0.25, 0.3) is 4.96 Å². The number of esters is 1. The van der Waals surface area contributed by atoms with E-state index >= 15 is 0 Å². The van der Waals surface area contributed by atoms with E-state index in [-0.39, 0.29) is 29.6 Å². The Balaban J connectivity index is 1.76. The van der Waals surface area contributed by atoms with Gasteiger partial charge >= 0.3 is 5.97 Å². The summed E-state index contributed by atoms with van der Waals surface area (Å²) >= 11 is 1.33. The average Bonchev–Trinajstić information content (AvgIpc) is 3.12. The molecule has 3 aromatic rings. The Kier molecular flexibility index (Phi) is 6.38. The molecule has 0 bridgehead atoms. The third kappa shape index (κ3) is 4.86. The van der Waals surface area contributed by atoms with Gasteiger partial charge in [-0.25, -0.2) is 9.78 Å². The van der Waals surface area contributed by atoms with Gasteiger partial charge in [0.15, 0.2) is 0 Å². The van der Waals surface area contributed by atoms with Crippen molar-refractivity contribution < 1.29 is 14.3 Å². The lowest BCUT2D eigenvalue weighted by molar-refractivity contribution is -0.116. The first-order valence-corrected chi connectivity index (χ1v) is 10.2. The predicted octanol–water partition coefficient (Wildman–Crippen LogP) is 3.37. The molecule has 0 saturated heterocycles. The topological polar surface area (TPSA) is 103 Å². The second-order valence-electron chi connectivity index (χ2n) is 6.79. The Hall–Kier alpha value is -3.07. The molecule has 0 unspecified atom stereocenters. The van der Waals surface area contributed by atoms with Crippen molar-refractivity contribution >= 4 is 33.9 Å². The highest BCUT2D eigenvalue weighted by Crippen LogP contribution is 2.20. The molecule has 0 saturated carbocycles. The van der Waals surface area contributed by atoms with Crippen molar-refractivity contribution in [1.29, 1.82) is 0 Å². The van der Waals surface area contributed by atoms with Gasteiger partial charge in [0, 0.05) is 18.4 Å². The molecule has 0 aliphatic carbocycles. The third-order valence-electron chi connectivity index (χ3n) is 4.06. The van der Waals surface area contributed by atoms with Crippen LogP contribution in [-0.4, -0.2) is 26.5 Å². The lowest BCUT2D eigenvalue weighted by atomic mass is 10.1. The van der Waals surface area contributed by atoms with Gasteiger partial charge in [-0.15, -0.1) is 0 Å². The summed E-state index contributed by atoms with van der Waals surface area (Å²) in [6.07, 6.45) is 1.07. The Morgan fingerprint density at radius 3 is 2.76 bits per heavy atom. The van der Waals surface area contributed by atoms with E-state index in [0.717, 1.165) is 5.01 Å². The standard InChI is InChI=1S/C20H22N4O4S/c1-4-7-16(25)22-15-9-6-5-8-14(15)19(27)28-11-13-10-17(26)24-20(21-13)29-18(23-24)12(2)3/h5-6,8-10,12H,4,7,11H2,1-3H3,(H,22,25). The second kappa shape index (κ2) is 8.95. The molecule has 0 aliphatic heterocycles. The van der Waals surface area contributed by atoms with Crippen molar-refractivity contribution in [2.45, 2.75) is 46.1 Å². The van der Waals surface area contributed by atoms with Gasteiger partial charge in [-0.1, -0.05) is 44.2 Å². The average molecular weight is 414 g/mol. The number of ether oxygens (including phenoxy) is 1. The zero-order valence-corrected chi connectivity index (χ0v) is 17.3. The van der Waals surface area contributed by atoms with Crippen LogP contribution in [0, 0.1) is 0 Å². The Labute approximate surface area is 171 Å². The highest BCUT2D eigenvalue weighted by atomic mass is 32.1. The number of hydrogen-bond acceptors (Lipinski definition) is 7. The first-order valence-electron chi connectivity index (χ1n) is 9.34. The van der Waals surface area contributed by atoms with Gasteiger partial charge < -0.3 is 10.1 Å². The van der Waals surface area contributed by atoms with Crippen LogP contribution in [0.4, 0.5) is 5.69 Å². The molecule has 29 heavy (non-hydrogen) atoms. The van der Waals surface area contributed by atoms with Crippen LogP contribution < -0.4 is 10.9 Å². The quantitative estimate of drug-likeness (QED) is 0.595. The summed E-state index contributed by atoms with van der Waals surface area (Å²) in [5, 5.41) is 7.79. The minimum Gasteiger partial charge on any atom is -0.456 e. The number of carbonyl (C=O) groups excluding carboxylic acids is 2. The number of hydrogen-bond donors (Lipinski definition) is 1. The van der Waals surface area contributed by atoms with E-state index in [2.05, 4.69) is 15.4 Å². The third-order valence-corrected chi connectivity index (χ3v) is 5.27. The van der Waals surface area contributed by atoms with E-state index < -0.39 is 5.97 Å². The molecule has 3 rings (SSSR count). The van der Waals surface area contributed by atoms with Crippen LogP contribution in [-0.2, 0) is 16.1 Å². The lowest BCUT2D eigenvalue weighted by Crippen LogP contribution is -2.18. The van der Waals surface area contributed by atoms with Gasteiger partial charge in [0.1, 0.15) is 11.6 Å². The molecule has 1 N–H and O–H groups in total. The van der Waals surface area contributed by atoms with Crippen LogP contribution in [0.5, 0.6) is 0 Å². The number of benzene rings is 1. The molecule has 0 spiro atoms. The number of anilines is 1. The van der Waals surface area contributed by atoms with Gasteiger partial charge in [0.25, 0.3) is 5.56 Å². The summed E-state index contributed by atoms with van der Waals surface area (Å²) in [4.78, 5) is 41.5. The number of para-hydroxylation sites is 1. The Bertz CT molecular complexity index is 1100. The Morgan fingerprint density at radius 2 is 2.03 bits per heavy atom. The minimum atomic E-state index is -0.605. The normalized spacial score (nSPS) is 11.0. The monoisotopic (exact) mass is 414 g/mol. The Morgan fingerprint density at radius 1 is 1.28 bits per heavy atom. The summed E-state index contributed by atoms with van der Waals surface area (Å²) in [6, 6.07) is 7.94. The van der Waals surface area contributed by atoms with Gasteiger partial charge in [-0.05, 0) is 18.6 Å². The fourth-order valence-electron chi connectivity index (χ4n) is 2.61. The fraction of sp³-hybridized carbons (Fsp3) is 0.350. The van der Waals surface area contributed by atoms with Crippen LogP contribution >= 0.6 is 11.3 Å². The summed E-state index contributed by atoms with van der Waals surface area (Å²) in [5.74, 6) is -0.590. The number of amides is 1. The molecule has 0 aliphatic rings. The fourth-order valence-corrected chi connectivity index (χ4v) is 3.53. The number of nitrogens with zero attached hydrogens (tertiary/aromatic N) is 3. The van der Waals surface area contributed by atoms with Crippen LogP contribution in [0.3, 0.4) is 0 Å². The second-order valence-corrected chi connectivity index (χ2v) is 7.78. The van der Waals surface area contributed by atoms with Crippen molar-refractivity contribution in [2.75, 3.05) is 5.32 Å². The number of rotatable bonds is 7. The van der Waals surface area contributed by atoms with E-state index in [1.54, 1.807) is 24.3 Å². The van der Waals surface area contributed by atoms with E-state index in [1.807, 2.05) is 20.8 Å². The maximum Gasteiger partial charge on any atom is 0.340 e. The van der Waals surface area contributed by atoms with E-state index in [1.165, 1.54) is 21.9 Å². The molecule has 1 amide bonds. The highest BCUT2D eigenvalue weighted by molar-refractivity contribution is 7.16. The summed E-state index contributed by atoms with van der Waals surface area (Å²) < 4.78 is 6.59. The molecule has 9 heteroatoms. The molecule has 0 radical (unpaired) electrons. The van der Waals surface area contributed by atoms with Gasteiger partial charge in [-0.2, -0.15) is 9.61 Å². The van der Waals surface area contributed by atoms with Crippen molar-refractivity contribution in [3.63, 3.8) is 0 Å². The van der Waals surface area contributed by atoms with Crippen molar-refractivity contribution in [3.8, 4) is 0 Å². The first kappa shape index (κ1) is 20.7. The summed E-state index contributed by atoms with van der Waals surface area (Å²) in [6.45, 7) is 5.72. The molecule has 8 nitrogen and oxygen atoms in total. The summed E-state index contributed by atoms with van der Waals surface area (Å²) in [7, 11) is 0. The van der Waals surface area contributed by atoms with Crippen molar-refractivity contribution in [2.24, 2.45) is 0 Å². The number of fused-ring (bicyclic) bond motifs is 1. The zero-order valence-electron chi connectivity index (χ0n) is 16.5. The highest BCUT2D eigenvalue weighted by Gasteiger charge is 2.16. The van der Waals surface area contributed by atoms with E-state index in [0.29, 0.717) is 29.2 Å². The molecular weight excluding hydrogens is 392 g/mol. The van der Waals surface area contributed by atoms with Crippen molar-refractivity contribution in [1.82, 2.24) is 14.6 Å². The van der Waals surface area contributed by atoms with Crippen LogP contribution in [0.2, 0.25) is 0 Å². The largest absolute Gasteiger partial charge is 0.456 e. The smallest absolute Gasteiger partial charge is 0.340 e. The van der Waals surface area contributed by atoms with Gasteiger partial charge in [0.05, 0.1) is 16.9 Å². The molecule has 0 atom stereocenters. The van der Waals surface area contributed by atoms with E-state index in [4.69, 9.17) is 4.74 Å². The van der Waals surface area contributed by atoms with Gasteiger partial charge in [-0.3, -0.25) is 9.59 Å². The molecule has 2 heterocycles. The maximum atomic E-state index is 12.5. The van der Waals surface area contributed by atoms with Crippen molar-refractivity contribution in [3.05, 3.63) is 57.0 Å². The predicted molar refractivity (Wildman–Crippen MR) is 110 cm³/mol. The van der Waals surface area contributed by atoms with Crippen LogP contribution in [0.15, 0.2) is 35.1 Å².